The minimum atomic E-state index is -3.67. The zero-order valence-electron chi connectivity index (χ0n) is 20.8. The van der Waals surface area contributed by atoms with Crippen molar-refractivity contribution < 1.29 is 27.7 Å². The number of quaternary nitrogens is 1. The van der Waals surface area contributed by atoms with Gasteiger partial charge in [0, 0.05) is 5.56 Å². The lowest BCUT2D eigenvalue weighted by Gasteiger charge is -2.34. The van der Waals surface area contributed by atoms with Crippen molar-refractivity contribution in [2.45, 2.75) is 52.0 Å². The van der Waals surface area contributed by atoms with Crippen molar-refractivity contribution in [2.75, 3.05) is 31.1 Å². The molecule has 35 heavy (non-hydrogen) atoms. The van der Waals surface area contributed by atoms with E-state index >= 15 is 0 Å². The number of carbonyl (C=O) groups excluding carboxylic acids is 3. The average Bonchev–Trinajstić information content (AvgIpc) is 3.11. The van der Waals surface area contributed by atoms with Crippen molar-refractivity contribution in [3.8, 4) is 0 Å². The van der Waals surface area contributed by atoms with Crippen LogP contribution in [0.5, 0.6) is 0 Å². The Morgan fingerprint density at radius 2 is 1.49 bits per heavy atom. The van der Waals surface area contributed by atoms with Gasteiger partial charge in [-0.25, -0.2) is 13.3 Å². The fourth-order valence-electron chi connectivity index (χ4n) is 5.13. The number of benzene rings is 2. The second-order valence-corrected chi connectivity index (χ2v) is 11.5. The van der Waals surface area contributed by atoms with E-state index in [0.717, 1.165) is 27.2 Å². The number of ketones is 1. The third-order valence-electron chi connectivity index (χ3n) is 7.43. The number of Topliss-reactive ketones (excluding diaryl/α,β-unsaturated/α-hetero) is 1. The van der Waals surface area contributed by atoms with Crippen LogP contribution in [0.3, 0.4) is 0 Å². The average molecular weight is 499 g/mol. The zero-order valence-corrected chi connectivity index (χ0v) is 21.7. The Hall–Kier alpha value is -2.88. The second kappa shape index (κ2) is 9.29. The maximum atomic E-state index is 13.6. The summed E-state index contributed by atoms with van der Waals surface area (Å²) < 4.78 is 28.6. The molecule has 2 saturated heterocycles. The first-order valence-electron chi connectivity index (χ1n) is 11.8. The number of imide groups is 1. The Labute approximate surface area is 206 Å². The molecule has 2 amide bonds. The molecule has 186 valence electrons. The molecule has 2 aromatic carbocycles. The number of amides is 2. The number of nitrogens with one attached hydrogen (secondary N) is 1. The van der Waals surface area contributed by atoms with Crippen molar-refractivity contribution in [1.82, 2.24) is 4.31 Å². The van der Waals surface area contributed by atoms with Crippen LogP contribution in [0.1, 0.15) is 46.0 Å². The molecule has 0 aliphatic carbocycles. The van der Waals surface area contributed by atoms with E-state index in [1.165, 1.54) is 16.1 Å². The van der Waals surface area contributed by atoms with Gasteiger partial charge < -0.3 is 4.90 Å². The first-order valence-corrected chi connectivity index (χ1v) is 13.3. The SMILES string of the molecule is CC(=O)c1ccc(N2C(=O)C[C@@H]([NH+]3CCN(S(=O)(=O)c4c(C)c(C)cc(C)c4C)CC3)C2=O)cc1. The number of anilines is 1. The summed E-state index contributed by atoms with van der Waals surface area (Å²) in [6.45, 7) is 10.5. The molecule has 0 unspecified atom stereocenters. The quantitative estimate of drug-likeness (QED) is 0.496. The molecule has 4 rings (SSSR count). The molecule has 0 bridgehead atoms. The smallest absolute Gasteiger partial charge is 0.292 e. The third kappa shape index (κ3) is 4.44. The second-order valence-electron chi connectivity index (χ2n) is 9.58. The highest BCUT2D eigenvalue weighted by molar-refractivity contribution is 7.89. The monoisotopic (exact) mass is 498 g/mol. The van der Waals surface area contributed by atoms with Gasteiger partial charge in [-0.1, -0.05) is 6.07 Å². The van der Waals surface area contributed by atoms with Crippen LogP contribution in [0, 0.1) is 27.7 Å². The van der Waals surface area contributed by atoms with E-state index < -0.39 is 16.1 Å². The topological polar surface area (TPSA) is 96.3 Å². The van der Waals surface area contributed by atoms with Crippen LogP contribution in [0.2, 0.25) is 0 Å². The highest BCUT2D eigenvalue weighted by atomic mass is 32.2. The lowest BCUT2D eigenvalue weighted by atomic mass is 10.0. The van der Waals surface area contributed by atoms with Crippen LogP contribution < -0.4 is 9.80 Å². The summed E-state index contributed by atoms with van der Waals surface area (Å²) >= 11 is 0. The van der Waals surface area contributed by atoms with Gasteiger partial charge in [-0.2, -0.15) is 4.31 Å². The molecule has 0 radical (unpaired) electrons. The summed E-state index contributed by atoms with van der Waals surface area (Å²) in [6.07, 6.45) is 0.0880. The van der Waals surface area contributed by atoms with Crippen LogP contribution in [-0.2, 0) is 19.6 Å². The molecule has 0 saturated carbocycles. The molecule has 0 spiro atoms. The normalized spacial score (nSPS) is 20.0. The fraction of sp³-hybridized carbons (Fsp3) is 0.423. The first-order chi connectivity index (χ1) is 16.4. The lowest BCUT2D eigenvalue weighted by Crippen LogP contribution is -3.19. The van der Waals surface area contributed by atoms with Crippen molar-refractivity contribution in [3.05, 3.63) is 58.1 Å². The van der Waals surface area contributed by atoms with Crippen molar-refractivity contribution in [1.29, 1.82) is 0 Å². The first kappa shape index (κ1) is 25.2. The summed E-state index contributed by atoms with van der Waals surface area (Å²) in [6, 6.07) is 7.92. The van der Waals surface area contributed by atoms with Crippen LogP contribution in [-0.4, -0.2) is 62.5 Å². The number of hydrogen-bond acceptors (Lipinski definition) is 5. The Morgan fingerprint density at radius 1 is 0.943 bits per heavy atom. The van der Waals surface area contributed by atoms with E-state index in [2.05, 4.69) is 0 Å². The van der Waals surface area contributed by atoms with Gasteiger partial charge in [-0.3, -0.25) is 14.4 Å². The number of nitrogens with zero attached hydrogens (tertiary/aromatic N) is 2. The van der Waals surface area contributed by atoms with Crippen LogP contribution in [0.15, 0.2) is 35.2 Å². The van der Waals surface area contributed by atoms with E-state index in [4.69, 9.17) is 0 Å². The summed E-state index contributed by atoms with van der Waals surface area (Å²) in [5.41, 5.74) is 4.40. The van der Waals surface area contributed by atoms with Crippen molar-refractivity contribution in [3.63, 3.8) is 0 Å². The fourth-order valence-corrected chi connectivity index (χ4v) is 7.14. The molecule has 2 aromatic rings. The van der Waals surface area contributed by atoms with Gasteiger partial charge >= 0.3 is 0 Å². The van der Waals surface area contributed by atoms with Crippen molar-refractivity contribution >= 4 is 33.3 Å². The van der Waals surface area contributed by atoms with Gasteiger partial charge in [0.15, 0.2) is 11.8 Å². The summed E-state index contributed by atoms with van der Waals surface area (Å²) in [5.74, 6) is -0.644. The van der Waals surface area contributed by atoms with E-state index in [-0.39, 0.29) is 37.1 Å². The molecule has 8 nitrogen and oxygen atoms in total. The Kier molecular flexibility index (Phi) is 6.70. The molecule has 2 heterocycles. The highest BCUT2D eigenvalue weighted by Gasteiger charge is 2.47. The number of sulfonamides is 1. The van der Waals surface area contributed by atoms with Crippen LogP contribution in [0.4, 0.5) is 5.69 Å². The predicted molar refractivity (Wildman–Crippen MR) is 132 cm³/mol. The minimum absolute atomic E-state index is 0.0861. The number of carbonyl (C=O) groups is 3. The predicted octanol–water partition coefficient (Wildman–Crippen LogP) is 1.34. The van der Waals surface area contributed by atoms with Gasteiger partial charge in [0.05, 0.1) is 43.2 Å². The third-order valence-corrected chi connectivity index (χ3v) is 9.60. The van der Waals surface area contributed by atoms with E-state index in [9.17, 15) is 22.8 Å². The number of piperazine rings is 1. The van der Waals surface area contributed by atoms with Gasteiger partial charge in [0.2, 0.25) is 15.9 Å². The number of rotatable bonds is 5. The molecule has 1 atom stereocenters. The Bertz CT molecular complexity index is 1280. The van der Waals surface area contributed by atoms with Crippen LogP contribution >= 0.6 is 0 Å². The van der Waals surface area contributed by atoms with Crippen molar-refractivity contribution in [2.24, 2.45) is 0 Å². The van der Waals surface area contributed by atoms with Gasteiger partial charge in [0.25, 0.3) is 5.91 Å². The molecular formula is C26H32N3O5S+. The van der Waals surface area contributed by atoms with Gasteiger partial charge in [-0.15, -0.1) is 0 Å². The standard InChI is InChI=1S/C26H31N3O5S/c1-16-14-17(2)19(4)25(18(16)3)35(33,34)28-12-10-27(11-13-28)23-15-24(31)29(26(23)32)22-8-6-21(7-9-22)20(5)30/h6-9,14,23H,10-13,15H2,1-5H3/p+1/t23-/m1/s1. The van der Waals surface area contributed by atoms with E-state index in [1.807, 2.05) is 33.8 Å². The number of hydrogen-bond donors (Lipinski definition) is 1. The molecular weight excluding hydrogens is 466 g/mol. The maximum absolute atomic E-state index is 13.6. The van der Waals surface area contributed by atoms with E-state index in [1.54, 1.807) is 24.3 Å². The van der Waals surface area contributed by atoms with Crippen LogP contribution in [0.25, 0.3) is 0 Å². The molecule has 9 heteroatoms. The maximum Gasteiger partial charge on any atom is 0.292 e. The zero-order chi connectivity index (χ0) is 25.7. The molecule has 2 fully saturated rings. The molecule has 2 aliphatic heterocycles. The molecule has 2 aliphatic rings. The minimum Gasteiger partial charge on any atom is -0.322 e. The molecule has 0 aromatic heterocycles. The summed E-state index contributed by atoms with van der Waals surface area (Å²) in [5, 5.41) is 0. The number of aryl methyl sites for hydroxylation is 2. The summed E-state index contributed by atoms with van der Waals surface area (Å²) in [4.78, 5) is 39.9. The molecule has 1 N–H and O–H groups in total. The van der Waals surface area contributed by atoms with E-state index in [0.29, 0.717) is 29.2 Å². The Morgan fingerprint density at radius 3 is 2.00 bits per heavy atom. The van der Waals surface area contributed by atoms with Gasteiger partial charge in [-0.05, 0) is 81.1 Å². The van der Waals surface area contributed by atoms with Gasteiger partial charge in [0.1, 0.15) is 0 Å². The highest BCUT2D eigenvalue weighted by Crippen LogP contribution is 2.29. The Balaban J connectivity index is 1.49. The lowest BCUT2D eigenvalue weighted by molar-refractivity contribution is -0.918. The largest absolute Gasteiger partial charge is 0.322 e. The summed E-state index contributed by atoms with van der Waals surface area (Å²) in [7, 11) is -3.67.